The predicted molar refractivity (Wildman–Crippen MR) is 79.3 cm³/mol. The highest BCUT2D eigenvalue weighted by atomic mass is 16.6. The van der Waals surface area contributed by atoms with Gasteiger partial charge in [-0.2, -0.15) is 0 Å². The Labute approximate surface area is 119 Å². The van der Waals surface area contributed by atoms with Gasteiger partial charge in [-0.1, -0.05) is 6.07 Å². The van der Waals surface area contributed by atoms with Gasteiger partial charge in [-0.25, -0.2) is 0 Å². The first kappa shape index (κ1) is 12.9. The van der Waals surface area contributed by atoms with Crippen LogP contribution in [0.1, 0.15) is 10.4 Å². The molecule has 0 spiro atoms. The van der Waals surface area contributed by atoms with Gasteiger partial charge in [-0.15, -0.1) is 0 Å². The zero-order chi connectivity index (χ0) is 14.8. The molecule has 6 heteroatoms. The van der Waals surface area contributed by atoms with Crippen LogP contribution in [0.3, 0.4) is 0 Å². The van der Waals surface area contributed by atoms with Crippen LogP contribution < -0.4 is 5.32 Å². The van der Waals surface area contributed by atoms with Crippen LogP contribution in [0.4, 0.5) is 11.4 Å². The highest BCUT2D eigenvalue weighted by Gasteiger charge is 2.10. The minimum absolute atomic E-state index is 0.0612. The van der Waals surface area contributed by atoms with Crippen LogP contribution in [0.15, 0.2) is 54.7 Å². The van der Waals surface area contributed by atoms with Gasteiger partial charge in [0.15, 0.2) is 0 Å². The molecule has 0 aliphatic rings. The number of H-pyrrole nitrogens is 1. The van der Waals surface area contributed by atoms with Gasteiger partial charge >= 0.3 is 0 Å². The molecule has 0 aliphatic heterocycles. The molecule has 1 heterocycles. The van der Waals surface area contributed by atoms with E-state index in [-0.39, 0.29) is 11.6 Å². The third kappa shape index (κ3) is 2.59. The average Bonchev–Trinajstić information content (AvgIpc) is 2.94. The number of nitrogens with zero attached hydrogens (tertiary/aromatic N) is 1. The summed E-state index contributed by atoms with van der Waals surface area (Å²) in [4.78, 5) is 25.4. The van der Waals surface area contributed by atoms with E-state index in [0.29, 0.717) is 11.3 Å². The van der Waals surface area contributed by atoms with Crippen LogP contribution in [0.5, 0.6) is 0 Å². The van der Waals surface area contributed by atoms with Crippen molar-refractivity contribution in [1.82, 2.24) is 4.98 Å². The number of hydrogen-bond acceptors (Lipinski definition) is 3. The zero-order valence-electron chi connectivity index (χ0n) is 10.9. The van der Waals surface area contributed by atoms with Crippen molar-refractivity contribution >= 4 is 28.2 Å². The fraction of sp³-hybridized carbons (Fsp3) is 0. The van der Waals surface area contributed by atoms with Crippen LogP contribution >= 0.6 is 0 Å². The van der Waals surface area contributed by atoms with Crippen LogP contribution in [-0.4, -0.2) is 15.8 Å². The molecule has 0 unspecified atom stereocenters. The van der Waals surface area contributed by atoms with Crippen molar-refractivity contribution in [2.45, 2.75) is 0 Å². The Bertz CT molecular complexity index is 839. The lowest BCUT2D eigenvalue weighted by Crippen LogP contribution is -2.11. The van der Waals surface area contributed by atoms with Crippen molar-refractivity contribution in [3.8, 4) is 0 Å². The maximum Gasteiger partial charge on any atom is 0.271 e. The number of aromatic amines is 1. The van der Waals surface area contributed by atoms with Crippen molar-refractivity contribution in [1.29, 1.82) is 0 Å². The number of carbonyl (C=O) groups excluding carboxylic acids is 1. The van der Waals surface area contributed by atoms with Crippen LogP contribution in [0.2, 0.25) is 0 Å². The Kier molecular flexibility index (Phi) is 3.12. The number of benzene rings is 2. The molecule has 104 valence electrons. The summed E-state index contributed by atoms with van der Waals surface area (Å²) in [5.41, 5.74) is 1.77. The second-order valence-electron chi connectivity index (χ2n) is 4.54. The molecular weight excluding hydrogens is 270 g/mol. The summed E-state index contributed by atoms with van der Waals surface area (Å²) in [5.74, 6) is -0.307. The number of nitro groups is 1. The highest BCUT2D eigenvalue weighted by molar-refractivity contribution is 6.06. The lowest BCUT2D eigenvalue weighted by Gasteiger charge is -2.05. The maximum absolute atomic E-state index is 12.2. The third-order valence-electron chi connectivity index (χ3n) is 3.13. The summed E-state index contributed by atoms with van der Waals surface area (Å²) < 4.78 is 0. The smallest absolute Gasteiger partial charge is 0.271 e. The molecule has 0 fully saturated rings. The molecule has 1 amide bonds. The SMILES string of the molecule is O=C(Nc1cccc([N+](=O)[O-])c1)c1ccc2[nH]ccc2c1. The van der Waals surface area contributed by atoms with Gasteiger partial charge in [0.25, 0.3) is 11.6 Å². The zero-order valence-corrected chi connectivity index (χ0v) is 10.9. The lowest BCUT2D eigenvalue weighted by molar-refractivity contribution is -0.384. The third-order valence-corrected chi connectivity index (χ3v) is 3.13. The number of rotatable bonds is 3. The molecule has 0 bridgehead atoms. The Hall–Kier alpha value is -3.15. The number of carbonyl (C=O) groups is 1. The summed E-state index contributed by atoms with van der Waals surface area (Å²) in [6.45, 7) is 0. The molecule has 0 aliphatic carbocycles. The minimum atomic E-state index is -0.498. The molecule has 0 saturated heterocycles. The molecule has 0 atom stereocenters. The standard InChI is InChI=1S/C15H11N3O3/c19-15(11-4-5-14-10(8-11)6-7-16-14)17-12-2-1-3-13(9-12)18(20)21/h1-9,16H,(H,17,19). The van der Waals surface area contributed by atoms with Gasteiger partial charge in [-0.05, 0) is 30.3 Å². The fourth-order valence-corrected chi connectivity index (χ4v) is 2.10. The molecule has 2 aromatic carbocycles. The fourth-order valence-electron chi connectivity index (χ4n) is 2.10. The second kappa shape index (κ2) is 5.09. The van der Waals surface area contributed by atoms with Gasteiger partial charge < -0.3 is 10.3 Å². The normalized spacial score (nSPS) is 10.5. The number of aromatic nitrogens is 1. The quantitative estimate of drug-likeness (QED) is 0.570. The first-order chi connectivity index (χ1) is 10.1. The monoisotopic (exact) mass is 281 g/mol. The van der Waals surface area contributed by atoms with E-state index < -0.39 is 4.92 Å². The molecule has 0 saturated carbocycles. The van der Waals surface area contributed by atoms with E-state index in [2.05, 4.69) is 10.3 Å². The Morgan fingerprint density at radius 2 is 2.00 bits per heavy atom. The van der Waals surface area contributed by atoms with Crippen LogP contribution in [0, 0.1) is 10.1 Å². The second-order valence-corrected chi connectivity index (χ2v) is 4.54. The number of amides is 1. The highest BCUT2D eigenvalue weighted by Crippen LogP contribution is 2.19. The van der Waals surface area contributed by atoms with Crippen LogP contribution in [0.25, 0.3) is 10.9 Å². The van der Waals surface area contributed by atoms with Crippen molar-refractivity contribution in [2.75, 3.05) is 5.32 Å². The summed E-state index contributed by atoms with van der Waals surface area (Å²) in [6.07, 6.45) is 1.80. The predicted octanol–water partition coefficient (Wildman–Crippen LogP) is 3.33. The summed E-state index contributed by atoms with van der Waals surface area (Å²) in [6, 6.07) is 13.0. The average molecular weight is 281 g/mol. The number of non-ortho nitro benzene ring substituents is 1. The first-order valence-corrected chi connectivity index (χ1v) is 6.26. The van der Waals surface area contributed by atoms with E-state index in [0.717, 1.165) is 10.9 Å². The topological polar surface area (TPSA) is 88.0 Å². The number of fused-ring (bicyclic) bond motifs is 1. The number of nitrogens with one attached hydrogen (secondary N) is 2. The van der Waals surface area contributed by atoms with E-state index in [4.69, 9.17) is 0 Å². The molecule has 3 aromatic rings. The Morgan fingerprint density at radius 1 is 1.14 bits per heavy atom. The summed E-state index contributed by atoms with van der Waals surface area (Å²) in [5, 5.41) is 14.3. The van der Waals surface area contributed by atoms with Gasteiger partial charge in [0.1, 0.15) is 0 Å². The van der Waals surface area contributed by atoms with E-state index in [1.54, 1.807) is 24.4 Å². The van der Waals surface area contributed by atoms with E-state index in [1.165, 1.54) is 18.2 Å². The largest absolute Gasteiger partial charge is 0.361 e. The van der Waals surface area contributed by atoms with Gasteiger partial charge in [0.05, 0.1) is 4.92 Å². The van der Waals surface area contributed by atoms with E-state index in [9.17, 15) is 14.9 Å². The van der Waals surface area contributed by atoms with E-state index >= 15 is 0 Å². The maximum atomic E-state index is 12.2. The summed E-state index contributed by atoms with van der Waals surface area (Å²) >= 11 is 0. The molecule has 0 radical (unpaired) electrons. The molecule has 21 heavy (non-hydrogen) atoms. The molecular formula is C15H11N3O3. The van der Waals surface area contributed by atoms with Crippen molar-refractivity contribution < 1.29 is 9.72 Å². The van der Waals surface area contributed by atoms with Gasteiger partial charge in [0.2, 0.25) is 0 Å². The summed E-state index contributed by atoms with van der Waals surface area (Å²) in [7, 11) is 0. The minimum Gasteiger partial charge on any atom is -0.361 e. The number of nitro benzene ring substituents is 1. The Morgan fingerprint density at radius 3 is 2.81 bits per heavy atom. The lowest BCUT2D eigenvalue weighted by atomic mass is 10.1. The first-order valence-electron chi connectivity index (χ1n) is 6.26. The van der Waals surface area contributed by atoms with Crippen molar-refractivity contribution in [3.63, 3.8) is 0 Å². The number of anilines is 1. The van der Waals surface area contributed by atoms with Gasteiger partial charge in [0, 0.05) is 40.5 Å². The Balaban J connectivity index is 1.85. The molecule has 2 N–H and O–H groups in total. The van der Waals surface area contributed by atoms with Crippen molar-refractivity contribution in [3.05, 3.63) is 70.4 Å². The van der Waals surface area contributed by atoms with Gasteiger partial charge in [-0.3, -0.25) is 14.9 Å². The van der Waals surface area contributed by atoms with E-state index in [1.807, 2.05) is 12.1 Å². The number of hydrogen-bond donors (Lipinski definition) is 2. The van der Waals surface area contributed by atoms with Crippen LogP contribution in [-0.2, 0) is 0 Å². The van der Waals surface area contributed by atoms with Crippen molar-refractivity contribution in [2.24, 2.45) is 0 Å². The molecule has 1 aromatic heterocycles. The molecule has 6 nitrogen and oxygen atoms in total. The molecule has 3 rings (SSSR count).